The van der Waals surface area contributed by atoms with Crippen LogP contribution in [0.15, 0.2) is 22.4 Å². The van der Waals surface area contributed by atoms with E-state index in [0.717, 1.165) is 21.8 Å². The van der Waals surface area contributed by atoms with Gasteiger partial charge in [0.05, 0.1) is 25.9 Å². The molecular weight excluding hydrogens is 688 g/mol. The number of nitrogens with one attached hydrogen (secondary N) is 1. The van der Waals surface area contributed by atoms with Crippen LogP contribution >= 0.6 is 38.1 Å². The molecule has 7 heterocycles. The monoisotopic (exact) mass is 710 g/mol. The summed E-state index contributed by atoms with van der Waals surface area (Å²) in [6.45, 7) is -10.5. The maximum Gasteiger partial charge on any atom is 0.386 e. The van der Waals surface area contributed by atoms with Crippen molar-refractivity contribution in [2.45, 2.75) is 55.6 Å². The Morgan fingerprint density at radius 2 is 1.60 bits per heavy atom. The Kier molecular flexibility index (Phi) is 7.82. The maximum absolute atomic E-state index is 16.0. The van der Waals surface area contributed by atoms with E-state index in [4.69, 9.17) is 33.3 Å². The predicted octanol–water partition coefficient (Wildman–Crippen LogP) is 2.25. The molecule has 0 radical (unpaired) electrons. The number of Topliss-reactive ketones (excluding diaryl/α,β-unsaturated/α-hetero) is 1. The van der Waals surface area contributed by atoms with Gasteiger partial charge in [0.2, 0.25) is 5.95 Å². The summed E-state index contributed by atoms with van der Waals surface area (Å²) in [6, 6.07) is 0. The average Bonchev–Trinajstić information content (AvgIpc) is 3.72. The number of nitrogens with zero attached hydrogens (tertiary/aromatic N) is 6. The molecule has 0 aliphatic carbocycles. The van der Waals surface area contributed by atoms with Crippen LogP contribution in [0.25, 0.3) is 11.2 Å². The molecule has 4 aliphatic heterocycles. The number of thiol groups is 2. The van der Waals surface area contributed by atoms with Crippen molar-refractivity contribution >= 4 is 73.0 Å². The van der Waals surface area contributed by atoms with Gasteiger partial charge in [0.25, 0.3) is 5.56 Å². The molecule has 3 aromatic rings. The highest BCUT2D eigenvalue weighted by atomic mass is 32.7. The van der Waals surface area contributed by atoms with E-state index in [0.29, 0.717) is 0 Å². The number of nitrogen functional groups attached to an aromatic ring is 1. The molecular formula is C21H22F2N8O10P2S2. The van der Waals surface area contributed by atoms with Gasteiger partial charge in [0, 0.05) is 12.6 Å². The van der Waals surface area contributed by atoms with Gasteiger partial charge in [0.1, 0.15) is 24.4 Å². The van der Waals surface area contributed by atoms with E-state index in [9.17, 15) is 18.7 Å². The number of hydrogen-bond acceptors (Lipinski definition) is 15. The zero-order valence-corrected chi connectivity index (χ0v) is 25.9. The molecule has 3 aromatic heterocycles. The van der Waals surface area contributed by atoms with Gasteiger partial charge in [0.15, 0.2) is 53.3 Å². The lowest BCUT2D eigenvalue weighted by molar-refractivity contribution is -0.0566. The Morgan fingerprint density at radius 3 is 2.36 bits per heavy atom. The van der Waals surface area contributed by atoms with Crippen LogP contribution in [-0.2, 0) is 36.7 Å². The van der Waals surface area contributed by atoms with Crippen molar-refractivity contribution in [3.63, 3.8) is 0 Å². The normalized spacial score (nSPS) is 38.8. The highest BCUT2D eigenvalue weighted by molar-refractivity contribution is 8.44. The molecule has 3 saturated heterocycles. The molecule has 2 bridgehead atoms. The van der Waals surface area contributed by atoms with E-state index in [1.807, 2.05) is 0 Å². The number of rotatable bonds is 2. The van der Waals surface area contributed by atoms with E-state index in [1.165, 1.54) is 6.21 Å². The number of anilines is 1. The third-order valence-electron chi connectivity index (χ3n) is 7.37. The lowest BCUT2D eigenvalue weighted by Crippen LogP contribution is -2.33. The van der Waals surface area contributed by atoms with Crippen LogP contribution in [0.2, 0.25) is 0 Å². The number of aliphatic imine (C=N–C) groups is 1. The summed E-state index contributed by atoms with van der Waals surface area (Å²) in [5.41, 5.74) is 4.70. The van der Waals surface area contributed by atoms with Crippen molar-refractivity contribution < 1.29 is 50.3 Å². The molecule has 18 nitrogen and oxygen atoms in total. The molecule has 0 saturated carbocycles. The fourth-order valence-corrected chi connectivity index (χ4v) is 8.29. The number of H-pyrrole nitrogens is 1. The third-order valence-corrected chi connectivity index (χ3v) is 10.6. The summed E-state index contributed by atoms with van der Waals surface area (Å²) in [5, 5.41) is 0. The Bertz CT molecular complexity index is 1880. The number of hydrogen-bond donors (Lipinski definition) is 4. The first-order valence-electron chi connectivity index (χ1n) is 13.1. The molecule has 45 heavy (non-hydrogen) atoms. The standard InChI is InChI=1S/C21H22F2N8O10P2S2/c22-10-8-3-36-42(34,44)40-14-9(39-19(11(14)23)30-5-26-12-7(32)1-2-25-16(12)30)4-37-43(35,45)41-15(10)20(38-8)31-6-27-13-17(31)28-21(24)29-18(13)33/h2,5-6,8-11,14-15,19-20H,1,3-4H2,(H,34,44)(H,35,45)(H3,24,28,29,33)/t8-,9-,10+,11+,14-,15-,19-,20-,42-,43-/m1/s1. The van der Waals surface area contributed by atoms with Gasteiger partial charge >= 0.3 is 13.6 Å². The highest BCUT2D eigenvalue weighted by Crippen LogP contribution is 2.60. The van der Waals surface area contributed by atoms with Crippen molar-refractivity contribution in [3.8, 4) is 0 Å². The summed E-state index contributed by atoms with van der Waals surface area (Å²) in [4.78, 5) is 42.9. The first-order valence-corrected chi connectivity index (χ1v) is 18.5. The van der Waals surface area contributed by atoms with Crippen molar-refractivity contribution in [1.82, 2.24) is 29.1 Å². The molecule has 3 N–H and O–H groups in total. The zero-order valence-electron chi connectivity index (χ0n) is 22.4. The number of alkyl halides is 2. The molecule has 0 spiro atoms. The van der Waals surface area contributed by atoms with Crippen LogP contribution in [0.3, 0.4) is 0 Å². The molecule has 0 amide bonds. The summed E-state index contributed by atoms with van der Waals surface area (Å²) in [5.74, 6) is -0.585. The first kappa shape index (κ1) is 31.1. The third kappa shape index (κ3) is 5.60. The number of aromatic nitrogens is 6. The second-order valence-electron chi connectivity index (χ2n) is 10.2. The second kappa shape index (κ2) is 11.3. The molecule has 10 atom stereocenters. The minimum atomic E-state index is -4.51. The smallest absolute Gasteiger partial charge is 0.369 e. The van der Waals surface area contributed by atoms with Crippen LogP contribution in [0.4, 0.5) is 20.5 Å². The SMILES string of the molecule is Nc1nc2c(ncn2[C@@H]2O[C@@H]3CO[P@@](=O)(S)O[C@H]4[C@H](F)[C@H](n5cnc6c5N=CCC6=O)O[C@@H]4CO[P@@](=O)(S)O[C@@H]2[C@H]3F)c(=O)[nH]1. The van der Waals surface area contributed by atoms with Gasteiger partial charge in [-0.1, -0.05) is 24.5 Å². The van der Waals surface area contributed by atoms with E-state index in [2.05, 4.69) is 49.4 Å². The van der Waals surface area contributed by atoms with E-state index >= 15 is 8.78 Å². The minimum absolute atomic E-state index is 0.00281. The molecule has 24 heteroatoms. The quantitative estimate of drug-likeness (QED) is 0.221. The molecule has 0 aromatic carbocycles. The first-order chi connectivity index (χ1) is 21.3. The van der Waals surface area contributed by atoms with E-state index in [-0.39, 0.29) is 40.8 Å². The van der Waals surface area contributed by atoms with E-state index < -0.39 is 81.6 Å². The van der Waals surface area contributed by atoms with Crippen LogP contribution in [0, 0.1) is 0 Å². The van der Waals surface area contributed by atoms with Crippen molar-refractivity contribution in [2.75, 3.05) is 18.9 Å². The summed E-state index contributed by atoms with van der Waals surface area (Å²) in [6.07, 6.45) is -10.0. The number of imidazole rings is 2. The van der Waals surface area contributed by atoms with Crippen molar-refractivity contribution in [3.05, 3.63) is 28.7 Å². The minimum Gasteiger partial charge on any atom is -0.369 e. The van der Waals surface area contributed by atoms with Gasteiger partial charge in [-0.2, -0.15) is 4.98 Å². The van der Waals surface area contributed by atoms with Crippen molar-refractivity contribution in [2.24, 2.45) is 4.99 Å². The second-order valence-corrected chi connectivity index (χ2v) is 16.0. The summed E-state index contributed by atoms with van der Waals surface area (Å²) >= 11 is 7.92. The molecule has 242 valence electrons. The number of aromatic amines is 1. The highest BCUT2D eigenvalue weighted by Gasteiger charge is 2.54. The molecule has 7 rings (SSSR count). The number of carbonyl (C=O) groups is 1. The molecule has 0 unspecified atom stereocenters. The van der Waals surface area contributed by atoms with Gasteiger partial charge in [-0.15, -0.1) is 0 Å². The number of ketones is 1. The number of carbonyl (C=O) groups excluding carboxylic acids is 1. The Balaban J connectivity index is 1.20. The Morgan fingerprint density at radius 1 is 0.933 bits per heavy atom. The van der Waals surface area contributed by atoms with Gasteiger partial charge in [-0.3, -0.25) is 41.8 Å². The number of ether oxygens (including phenoxy) is 2. The topological polar surface area (TPSA) is 226 Å². The molecule has 3 fully saturated rings. The lowest BCUT2D eigenvalue weighted by atomic mass is 10.1. The predicted molar refractivity (Wildman–Crippen MR) is 154 cm³/mol. The van der Waals surface area contributed by atoms with Crippen LogP contribution < -0.4 is 11.3 Å². The number of halogens is 2. The average molecular weight is 711 g/mol. The van der Waals surface area contributed by atoms with Crippen LogP contribution in [-0.4, -0.2) is 91.0 Å². The summed E-state index contributed by atoms with van der Waals surface area (Å²) < 4.78 is 94.0. The number of fused-ring (bicyclic) bond motifs is 5. The van der Waals surface area contributed by atoms with Gasteiger partial charge in [-0.25, -0.2) is 32.9 Å². The molecule has 4 aliphatic rings. The lowest BCUT2D eigenvalue weighted by Gasteiger charge is -2.26. The Hall–Kier alpha value is -2.52. The van der Waals surface area contributed by atoms with Gasteiger partial charge < -0.3 is 15.2 Å². The Labute approximate surface area is 260 Å². The van der Waals surface area contributed by atoms with E-state index in [1.54, 1.807) is 0 Å². The fraction of sp³-hybridized carbons (Fsp3) is 0.524. The maximum atomic E-state index is 16.0. The van der Waals surface area contributed by atoms with Crippen LogP contribution in [0.1, 0.15) is 29.4 Å². The zero-order chi connectivity index (χ0) is 31.8. The van der Waals surface area contributed by atoms with Crippen molar-refractivity contribution in [1.29, 1.82) is 0 Å². The summed E-state index contributed by atoms with van der Waals surface area (Å²) in [7, 11) is 0. The van der Waals surface area contributed by atoms with Gasteiger partial charge in [-0.05, 0) is 0 Å². The fourth-order valence-electron chi connectivity index (χ4n) is 5.35. The van der Waals surface area contributed by atoms with Crippen LogP contribution in [0.5, 0.6) is 0 Å². The largest absolute Gasteiger partial charge is 0.386 e. The number of nitrogens with two attached hydrogens (primary N) is 1.